The highest BCUT2D eigenvalue weighted by molar-refractivity contribution is 4.80. The Morgan fingerprint density at radius 2 is 2.33 bits per heavy atom. The largest absolute Gasteiger partial charge is 0.392 e. The second kappa shape index (κ2) is 6.17. The maximum Gasteiger partial charge on any atom is 0.157 e. The molecule has 70 valence electrons. The zero-order valence-corrected chi connectivity index (χ0v) is 7.24. The lowest BCUT2D eigenvalue weighted by Gasteiger charge is -2.21. The Labute approximate surface area is 73.0 Å². The average Bonchev–Trinajstić information content (AvgIpc) is 2.14. The molecule has 3 heteroatoms. The van der Waals surface area contributed by atoms with E-state index in [4.69, 9.17) is 14.6 Å². The summed E-state index contributed by atoms with van der Waals surface area (Å²) >= 11 is 0. The SMILES string of the molecule is OCC=CCOC1CCCCO1. The van der Waals surface area contributed by atoms with Crippen molar-refractivity contribution in [2.75, 3.05) is 19.8 Å². The first kappa shape index (κ1) is 9.71. The molecule has 0 aliphatic carbocycles. The van der Waals surface area contributed by atoms with Gasteiger partial charge in [0.25, 0.3) is 0 Å². The predicted octanol–water partition coefficient (Wildman–Crippen LogP) is 1.08. The Kier molecular flexibility index (Phi) is 4.99. The summed E-state index contributed by atoms with van der Waals surface area (Å²) in [6.45, 7) is 1.43. The lowest BCUT2D eigenvalue weighted by atomic mass is 10.2. The molecule has 0 aromatic rings. The highest BCUT2D eigenvalue weighted by Crippen LogP contribution is 2.13. The van der Waals surface area contributed by atoms with Crippen molar-refractivity contribution in [3.8, 4) is 0 Å². The molecule has 1 heterocycles. The fourth-order valence-electron chi connectivity index (χ4n) is 1.15. The molecule has 1 saturated heterocycles. The van der Waals surface area contributed by atoms with Crippen molar-refractivity contribution >= 4 is 0 Å². The van der Waals surface area contributed by atoms with Crippen molar-refractivity contribution in [3.63, 3.8) is 0 Å². The lowest BCUT2D eigenvalue weighted by molar-refractivity contribution is -0.155. The van der Waals surface area contributed by atoms with Gasteiger partial charge in [-0.25, -0.2) is 0 Å². The van der Waals surface area contributed by atoms with Gasteiger partial charge in [0.05, 0.1) is 13.2 Å². The molecule has 12 heavy (non-hydrogen) atoms. The number of rotatable bonds is 4. The Balaban J connectivity index is 2.01. The van der Waals surface area contributed by atoms with Gasteiger partial charge in [0.15, 0.2) is 6.29 Å². The van der Waals surface area contributed by atoms with Crippen LogP contribution in [-0.2, 0) is 9.47 Å². The Bertz CT molecular complexity index is 128. The van der Waals surface area contributed by atoms with Gasteiger partial charge in [-0.2, -0.15) is 0 Å². The topological polar surface area (TPSA) is 38.7 Å². The molecule has 1 aliphatic rings. The summed E-state index contributed by atoms with van der Waals surface area (Å²) in [5, 5.41) is 8.43. The number of hydrogen-bond donors (Lipinski definition) is 1. The standard InChI is InChI=1S/C9H16O3/c10-6-2-4-8-12-9-5-1-3-7-11-9/h2,4,9-10H,1,3,5-8H2. The third kappa shape index (κ3) is 3.85. The molecular weight excluding hydrogens is 156 g/mol. The molecule has 0 amide bonds. The van der Waals surface area contributed by atoms with Crippen LogP contribution < -0.4 is 0 Å². The second-order valence-electron chi connectivity index (χ2n) is 2.78. The van der Waals surface area contributed by atoms with Gasteiger partial charge < -0.3 is 14.6 Å². The van der Waals surface area contributed by atoms with E-state index in [2.05, 4.69) is 0 Å². The van der Waals surface area contributed by atoms with Crippen LogP contribution >= 0.6 is 0 Å². The fourth-order valence-corrected chi connectivity index (χ4v) is 1.15. The molecule has 1 N–H and O–H groups in total. The quantitative estimate of drug-likeness (QED) is 0.645. The van der Waals surface area contributed by atoms with E-state index < -0.39 is 0 Å². The first-order chi connectivity index (χ1) is 5.93. The smallest absolute Gasteiger partial charge is 0.157 e. The van der Waals surface area contributed by atoms with Gasteiger partial charge in [-0.1, -0.05) is 12.2 Å². The second-order valence-corrected chi connectivity index (χ2v) is 2.78. The molecule has 0 spiro atoms. The molecule has 1 rings (SSSR count). The molecule has 0 aromatic carbocycles. The van der Waals surface area contributed by atoms with Crippen LogP contribution in [0.15, 0.2) is 12.2 Å². The predicted molar refractivity (Wildman–Crippen MR) is 45.8 cm³/mol. The molecule has 1 aliphatic heterocycles. The molecule has 3 nitrogen and oxygen atoms in total. The van der Waals surface area contributed by atoms with Crippen molar-refractivity contribution in [2.24, 2.45) is 0 Å². The van der Waals surface area contributed by atoms with Gasteiger partial charge in [0.2, 0.25) is 0 Å². The van der Waals surface area contributed by atoms with Crippen LogP contribution in [0.4, 0.5) is 0 Å². The van der Waals surface area contributed by atoms with E-state index in [0.717, 1.165) is 19.4 Å². The Hall–Kier alpha value is -0.380. The van der Waals surface area contributed by atoms with Gasteiger partial charge in [0, 0.05) is 6.61 Å². The van der Waals surface area contributed by atoms with E-state index in [1.165, 1.54) is 6.42 Å². The molecule has 1 fully saturated rings. The van der Waals surface area contributed by atoms with Gasteiger partial charge in [0.1, 0.15) is 0 Å². The molecule has 0 radical (unpaired) electrons. The van der Waals surface area contributed by atoms with Crippen LogP contribution in [0.1, 0.15) is 19.3 Å². The fraction of sp³-hybridized carbons (Fsp3) is 0.778. The average molecular weight is 172 g/mol. The maximum absolute atomic E-state index is 8.43. The molecule has 1 atom stereocenters. The van der Waals surface area contributed by atoms with Gasteiger partial charge in [-0.05, 0) is 19.3 Å². The van der Waals surface area contributed by atoms with Crippen LogP contribution in [0.2, 0.25) is 0 Å². The number of ether oxygens (including phenoxy) is 2. The minimum Gasteiger partial charge on any atom is -0.392 e. The normalized spacial score (nSPS) is 24.9. The third-order valence-electron chi connectivity index (χ3n) is 1.79. The molecular formula is C9H16O3. The minimum absolute atomic E-state index is 0.0258. The van der Waals surface area contributed by atoms with E-state index >= 15 is 0 Å². The van der Waals surface area contributed by atoms with Gasteiger partial charge in [-0.15, -0.1) is 0 Å². The van der Waals surface area contributed by atoms with Crippen LogP contribution in [0.25, 0.3) is 0 Å². The Morgan fingerprint density at radius 1 is 1.42 bits per heavy atom. The molecule has 1 unspecified atom stereocenters. The number of hydrogen-bond acceptors (Lipinski definition) is 3. The first-order valence-corrected chi connectivity index (χ1v) is 4.42. The van der Waals surface area contributed by atoms with E-state index in [9.17, 15) is 0 Å². The Morgan fingerprint density at radius 3 is 3.00 bits per heavy atom. The molecule has 0 bridgehead atoms. The highest BCUT2D eigenvalue weighted by atomic mass is 16.7. The maximum atomic E-state index is 8.43. The monoisotopic (exact) mass is 172 g/mol. The summed E-state index contributed by atoms with van der Waals surface area (Å²) in [6, 6.07) is 0. The first-order valence-electron chi connectivity index (χ1n) is 4.42. The van der Waals surface area contributed by atoms with Crippen LogP contribution in [0.3, 0.4) is 0 Å². The lowest BCUT2D eigenvalue weighted by Crippen LogP contribution is -2.22. The highest BCUT2D eigenvalue weighted by Gasteiger charge is 2.12. The summed E-state index contributed by atoms with van der Waals surface area (Å²) in [6.07, 6.45) is 6.77. The van der Waals surface area contributed by atoms with Crippen LogP contribution in [-0.4, -0.2) is 31.2 Å². The zero-order valence-electron chi connectivity index (χ0n) is 7.24. The molecule has 0 saturated carbocycles. The van der Waals surface area contributed by atoms with E-state index in [1.54, 1.807) is 12.2 Å². The summed E-state index contributed by atoms with van der Waals surface area (Å²) in [4.78, 5) is 0. The number of aliphatic hydroxyl groups is 1. The summed E-state index contributed by atoms with van der Waals surface area (Å²) in [5.41, 5.74) is 0. The van der Waals surface area contributed by atoms with Crippen molar-refractivity contribution in [2.45, 2.75) is 25.6 Å². The van der Waals surface area contributed by atoms with E-state index in [-0.39, 0.29) is 12.9 Å². The van der Waals surface area contributed by atoms with Gasteiger partial charge >= 0.3 is 0 Å². The van der Waals surface area contributed by atoms with E-state index in [1.807, 2.05) is 0 Å². The van der Waals surface area contributed by atoms with Crippen LogP contribution in [0.5, 0.6) is 0 Å². The third-order valence-corrected chi connectivity index (χ3v) is 1.79. The summed E-state index contributed by atoms with van der Waals surface area (Å²) in [7, 11) is 0. The number of aliphatic hydroxyl groups excluding tert-OH is 1. The van der Waals surface area contributed by atoms with E-state index in [0.29, 0.717) is 6.61 Å². The molecule has 0 aromatic heterocycles. The van der Waals surface area contributed by atoms with Crippen molar-refractivity contribution in [1.29, 1.82) is 0 Å². The van der Waals surface area contributed by atoms with Crippen molar-refractivity contribution < 1.29 is 14.6 Å². The minimum atomic E-state index is -0.0258. The summed E-state index contributed by atoms with van der Waals surface area (Å²) in [5.74, 6) is 0. The van der Waals surface area contributed by atoms with Crippen molar-refractivity contribution in [1.82, 2.24) is 0 Å². The van der Waals surface area contributed by atoms with Crippen molar-refractivity contribution in [3.05, 3.63) is 12.2 Å². The zero-order chi connectivity index (χ0) is 8.65. The summed E-state index contributed by atoms with van der Waals surface area (Å²) < 4.78 is 10.7. The van der Waals surface area contributed by atoms with Crippen LogP contribution in [0, 0.1) is 0 Å². The van der Waals surface area contributed by atoms with Gasteiger partial charge in [-0.3, -0.25) is 0 Å².